The van der Waals surface area contributed by atoms with Crippen LogP contribution in [0.5, 0.6) is 11.5 Å². The molecular formula is C35H54N2O4. The number of fused-ring (bicyclic) bond motifs is 1. The summed E-state index contributed by atoms with van der Waals surface area (Å²) in [6, 6.07) is 15.3. The fourth-order valence-electron chi connectivity index (χ4n) is 5.58. The van der Waals surface area contributed by atoms with E-state index in [0.717, 1.165) is 19.4 Å². The lowest BCUT2D eigenvalue weighted by Gasteiger charge is -2.30. The van der Waals surface area contributed by atoms with Crippen molar-refractivity contribution >= 4 is 5.91 Å². The van der Waals surface area contributed by atoms with Crippen LogP contribution in [0.1, 0.15) is 114 Å². The summed E-state index contributed by atoms with van der Waals surface area (Å²) < 4.78 is 11.4. The number of aliphatic hydroxyl groups is 1. The minimum absolute atomic E-state index is 0.00257. The number of aliphatic hydroxyl groups excluding tert-OH is 1. The van der Waals surface area contributed by atoms with Crippen molar-refractivity contribution in [1.29, 1.82) is 0 Å². The number of ether oxygens (including phenoxy) is 2. The summed E-state index contributed by atoms with van der Waals surface area (Å²) in [6.45, 7) is 4.54. The summed E-state index contributed by atoms with van der Waals surface area (Å²) in [5.74, 6) is 1.33. The Morgan fingerprint density at radius 1 is 0.829 bits per heavy atom. The van der Waals surface area contributed by atoms with E-state index in [1.807, 2.05) is 43.4 Å². The number of amides is 1. The number of nitrogens with one attached hydrogen (secondary N) is 1. The van der Waals surface area contributed by atoms with Gasteiger partial charge in [0, 0.05) is 19.5 Å². The Hall–Kier alpha value is -2.57. The summed E-state index contributed by atoms with van der Waals surface area (Å²) in [4.78, 5) is 15.1. The van der Waals surface area contributed by atoms with E-state index in [-0.39, 0.29) is 5.91 Å². The van der Waals surface area contributed by atoms with Gasteiger partial charge in [-0.1, -0.05) is 120 Å². The van der Waals surface area contributed by atoms with Gasteiger partial charge in [-0.3, -0.25) is 9.69 Å². The highest BCUT2D eigenvalue weighted by Gasteiger charge is 2.26. The van der Waals surface area contributed by atoms with Crippen LogP contribution in [0.2, 0.25) is 0 Å². The summed E-state index contributed by atoms with van der Waals surface area (Å²) in [6.07, 6.45) is 16.3. The molecule has 0 spiro atoms. The van der Waals surface area contributed by atoms with Gasteiger partial charge in [0.25, 0.3) is 0 Å². The molecule has 2 atom stereocenters. The first-order valence-electron chi connectivity index (χ1n) is 16.2. The maximum absolute atomic E-state index is 13.0. The molecule has 6 nitrogen and oxygen atoms in total. The average molecular weight is 567 g/mol. The van der Waals surface area contributed by atoms with E-state index in [0.29, 0.717) is 43.2 Å². The molecule has 0 saturated heterocycles. The number of hydrogen-bond donors (Lipinski definition) is 2. The molecule has 2 aromatic rings. The van der Waals surface area contributed by atoms with E-state index >= 15 is 0 Å². The minimum atomic E-state index is -0.861. The lowest BCUT2D eigenvalue weighted by molar-refractivity contribution is -0.123. The summed E-state index contributed by atoms with van der Waals surface area (Å²) in [5.41, 5.74) is 1.91. The van der Waals surface area contributed by atoms with Crippen LogP contribution in [0, 0.1) is 0 Å². The summed E-state index contributed by atoms with van der Waals surface area (Å²) in [7, 11) is 2.02. The lowest BCUT2D eigenvalue weighted by Crippen LogP contribution is -2.46. The third kappa shape index (κ3) is 12.9. The van der Waals surface area contributed by atoms with Crippen LogP contribution >= 0.6 is 0 Å². The molecule has 1 heterocycles. The average Bonchev–Trinajstić information content (AvgIpc) is 2.99. The Morgan fingerprint density at radius 3 is 2.05 bits per heavy atom. The highest BCUT2D eigenvalue weighted by atomic mass is 16.6. The van der Waals surface area contributed by atoms with Crippen molar-refractivity contribution in [2.24, 2.45) is 0 Å². The highest BCUT2D eigenvalue weighted by molar-refractivity contribution is 5.76. The number of benzene rings is 2. The highest BCUT2D eigenvalue weighted by Crippen LogP contribution is 2.33. The van der Waals surface area contributed by atoms with Crippen molar-refractivity contribution in [2.45, 2.75) is 116 Å². The second-order valence-corrected chi connectivity index (χ2v) is 11.7. The molecule has 0 bridgehead atoms. The molecule has 6 heteroatoms. The number of carbonyl (C=O) groups excluding carboxylic acids is 1. The van der Waals surface area contributed by atoms with Crippen molar-refractivity contribution in [3.8, 4) is 11.5 Å². The number of carbonyl (C=O) groups is 1. The predicted molar refractivity (Wildman–Crippen MR) is 167 cm³/mol. The van der Waals surface area contributed by atoms with E-state index in [4.69, 9.17) is 9.47 Å². The molecule has 2 N–H and O–H groups in total. The first kappa shape index (κ1) is 32.9. The zero-order valence-corrected chi connectivity index (χ0v) is 25.6. The van der Waals surface area contributed by atoms with Gasteiger partial charge in [-0.05, 0) is 36.7 Å². The van der Waals surface area contributed by atoms with Crippen molar-refractivity contribution < 1.29 is 19.4 Å². The van der Waals surface area contributed by atoms with Gasteiger partial charge in [0.15, 0.2) is 11.5 Å². The number of hydrogen-bond acceptors (Lipinski definition) is 5. The molecular weight excluding hydrogens is 512 g/mol. The molecule has 0 aromatic heterocycles. The molecule has 1 aliphatic rings. The van der Waals surface area contributed by atoms with Gasteiger partial charge in [0.05, 0.1) is 6.04 Å². The molecule has 41 heavy (non-hydrogen) atoms. The number of nitrogens with zero attached hydrogens (tertiary/aromatic N) is 1. The van der Waals surface area contributed by atoms with Gasteiger partial charge in [0.2, 0.25) is 5.91 Å². The largest absolute Gasteiger partial charge is 0.486 e. The van der Waals surface area contributed by atoms with Crippen LogP contribution in [0.4, 0.5) is 0 Å². The Labute approximate surface area is 248 Å². The van der Waals surface area contributed by atoms with E-state index < -0.39 is 12.1 Å². The Bertz CT molecular complexity index is 983. The molecule has 1 amide bonds. The smallest absolute Gasteiger partial charge is 0.220 e. The SMILES string of the molecule is CCCCCCCCCCCCCCCC(=O)NC(CN(C)Cc1ccccc1)C(O)c1ccc2c(c1)OCCO2. The fourth-order valence-corrected chi connectivity index (χ4v) is 5.58. The monoisotopic (exact) mass is 566 g/mol. The Balaban J connectivity index is 1.42. The standard InChI is InChI=1S/C35H54N2O4/c1-3-4-5-6-7-8-9-10-11-12-13-14-18-21-34(38)36-31(28-37(2)27-29-19-16-15-17-20-29)35(39)30-22-23-32-33(26-30)41-25-24-40-32/h15-17,19-20,22-23,26,31,35,39H,3-14,18,21,24-25,27-28H2,1-2H3,(H,36,38). The van der Waals surface area contributed by atoms with Crippen molar-refractivity contribution in [1.82, 2.24) is 10.2 Å². The second kappa shape index (κ2) is 19.5. The zero-order valence-electron chi connectivity index (χ0n) is 25.6. The van der Waals surface area contributed by atoms with Crippen LogP contribution in [0.15, 0.2) is 48.5 Å². The van der Waals surface area contributed by atoms with E-state index in [1.165, 1.54) is 76.2 Å². The summed E-state index contributed by atoms with van der Waals surface area (Å²) in [5, 5.41) is 14.5. The van der Waals surface area contributed by atoms with Gasteiger partial charge in [-0.2, -0.15) is 0 Å². The number of unbranched alkanes of at least 4 members (excludes halogenated alkanes) is 12. The molecule has 228 valence electrons. The van der Waals surface area contributed by atoms with Gasteiger partial charge in [0.1, 0.15) is 19.3 Å². The molecule has 2 aromatic carbocycles. The summed E-state index contributed by atoms with van der Waals surface area (Å²) >= 11 is 0. The fraction of sp³-hybridized carbons (Fsp3) is 0.629. The Kier molecular flexibility index (Phi) is 15.7. The molecule has 1 aliphatic heterocycles. The van der Waals surface area contributed by atoms with E-state index in [1.54, 1.807) is 0 Å². The van der Waals surface area contributed by atoms with Crippen LogP contribution in [0.3, 0.4) is 0 Å². The number of likely N-dealkylation sites (N-methyl/N-ethyl adjacent to an activating group) is 1. The van der Waals surface area contributed by atoms with Gasteiger partial charge in [-0.25, -0.2) is 0 Å². The molecule has 0 aliphatic carbocycles. The molecule has 0 fully saturated rings. The normalized spacial score (nSPS) is 14.1. The van der Waals surface area contributed by atoms with Crippen LogP contribution < -0.4 is 14.8 Å². The molecule has 0 saturated carbocycles. The molecule has 2 unspecified atom stereocenters. The lowest BCUT2D eigenvalue weighted by atomic mass is 10.00. The van der Waals surface area contributed by atoms with Crippen molar-refractivity contribution in [2.75, 3.05) is 26.8 Å². The molecule has 0 radical (unpaired) electrons. The maximum Gasteiger partial charge on any atom is 0.220 e. The van der Waals surface area contributed by atoms with Crippen LogP contribution in [-0.4, -0.2) is 48.8 Å². The van der Waals surface area contributed by atoms with Gasteiger partial charge in [-0.15, -0.1) is 0 Å². The minimum Gasteiger partial charge on any atom is -0.486 e. The van der Waals surface area contributed by atoms with Crippen LogP contribution in [0.25, 0.3) is 0 Å². The van der Waals surface area contributed by atoms with E-state index in [9.17, 15) is 9.90 Å². The third-order valence-corrected chi connectivity index (χ3v) is 7.95. The van der Waals surface area contributed by atoms with Crippen molar-refractivity contribution in [3.63, 3.8) is 0 Å². The first-order valence-corrected chi connectivity index (χ1v) is 16.2. The number of rotatable bonds is 21. The Morgan fingerprint density at radius 2 is 1.41 bits per heavy atom. The van der Waals surface area contributed by atoms with Crippen LogP contribution in [-0.2, 0) is 11.3 Å². The topological polar surface area (TPSA) is 71.0 Å². The zero-order chi connectivity index (χ0) is 29.1. The predicted octanol–water partition coefficient (Wildman–Crippen LogP) is 7.59. The second-order valence-electron chi connectivity index (χ2n) is 11.7. The third-order valence-electron chi connectivity index (χ3n) is 7.95. The quantitative estimate of drug-likeness (QED) is 0.152. The van der Waals surface area contributed by atoms with E-state index in [2.05, 4.69) is 29.3 Å². The van der Waals surface area contributed by atoms with Crippen molar-refractivity contribution in [3.05, 3.63) is 59.7 Å². The maximum atomic E-state index is 13.0. The first-order chi connectivity index (χ1) is 20.1. The van der Waals surface area contributed by atoms with Gasteiger partial charge < -0.3 is 19.9 Å². The van der Waals surface area contributed by atoms with Gasteiger partial charge >= 0.3 is 0 Å². The molecule has 3 rings (SSSR count).